The van der Waals surface area contributed by atoms with E-state index in [9.17, 15) is 9.59 Å². The third kappa shape index (κ3) is 4.16. The molecule has 1 fully saturated rings. The Kier molecular flexibility index (Phi) is 6.16. The fraction of sp³-hybridized carbons (Fsp3) is 0.290. The average molecular weight is 494 g/mol. The molecule has 2 aliphatic rings. The van der Waals surface area contributed by atoms with Crippen molar-refractivity contribution in [1.29, 1.82) is 0 Å². The molecule has 1 N–H and O–H groups in total. The molecule has 6 rings (SSSR count). The van der Waals surface area contributed by atoms with Gasteiger partial charge >= 0.3 is 0 Å². The average Bonchev–Trinajstić information content (AvgIpc) is 3.30. The molecule has 0 aliphatic carbocycles. The van der Waals surface area contributed by atoms with E-state index in [2.05, 4.69) is 29.2 Å². The van der Waals surface area contributed by atoms with Crippen LogP contribution in [0.25, 0.3) is 10.9 Å². The van der Waals surface area contributed by atoms with Gasteiger partial charge in [0, 0.05) is 35.1 Å². The lowest BCUT2D eigenvalue weighted by molar-refractivity contribution is -0.158. The number of aromatic amines is 1. The maximum atomic E-state index is 13.9. The first-order valence-electron chi connectivity index (χ1n) is 13.1. The number of hydrogen-bond donors (Lipinski definition) is 1. The topological polar surface area (TPSA) is 65.6 Å². The molecule has 3 aromatic carbocycles. The molecular formula is C31H31N3O3. The Morgan fingerprint density at radius 3 is 2.54 bits per heavy atom. The summed E-state index contributed by atoms with van der Waals surface area (Å²) in [7, 11) is 0. The number of para-hydroxylation sites is 2. The highest BCUT2D eigenvalue weighted by Gasteiger charge is 2.48. The van der Waals surface area contributed by atoms with Gasteiger partial charge in [-0.3, -0.25) is 9.59 Å². The number of nitrogens with one attached hydrogen (secondary N) is 1. The van der Waals surface area contributed by atoms with Gasteiger partial charge in [-0.1, -0.05) is 66.7 Å². The molecule has 0 bridgehead atoms. The summed E-state index contributed by atoms with van der Waals surface area (Å²) in [5.41, 5.74) is 5.25. The van der Waals surface area contributed by atoms with Crippen molar-refractivity contribution in [3.05, 3.63) is 101 Å². The van der Waals surface area contributed by atoms with E-state index in [1.165, 1.54) is 5.56 Å². The first kappa shape index (κ1) is 23.3. The van der Waals surface area contributed by atoms with E-state index in [0.717, 1.165) is 46.3 Å². The number of aryl methyl sites for hydroxylation is 1. The fourth-order valence-electron chi connectivity index (χ4n) is 5.95. The minimum absolute atomic E-state index is 0.0232. The quantitative estimate of drug-likeness (QED) is 0.399. The van der Waals surface area contributed by atoms with E-state index in [4.69, 9.17) is 4.74 Å². The zero-order valence-corrected chi connectivity index (χ0v) is 21.0. The first-order valence-corrected chi connectivity index (χ1v) is 13.1. The number of nitrogens with zero attached hydrogens (tertiary/aromatic N) is 2. The Balaban J connectivity index is 1.37. The molecule has 6 nitrogen and oxygen atoms in total. The smallest absolute Gasteiger partial charge is 0.246 e. The second-order valence-electron chi connectivity index (χ2n) is 9.81. The van der Waals surface area contributed by atoms with Crippen LogP contribution in [-0.2, 0) is 22.4 Å². The van der Waals surface area contributed by atoms with Crippen molar-refractivity contribution in [3.8, 4) is 5.75 Å². The summed E-state index contributed by atoms with van der Waals surface area (Å²) >= 11 is 0. The van der Waals surface area contributed by atoms with Gasteiger partial charge < -0.3 is 19.5 Å². The van der Waals surface area contributed by atoms with Gasteiger partial charge in [0.05, 0.1) is 13.2 Å². The lowest BCUT2D eigenvalue weighted by Crippen LogP contribution is -2.63. The Morgan fingerprint density at radius 2 is 1.70 bits per heavy atom. The molecule has 3 heterocycles. The van der Waals surface area contributed by atoms with Crippen LogP contribution in [0.5, 0.6) is 5.75 Å². The van der Waals surface area contributed by atoms with Crippen molar-refractivity contribution >= 4 is 22.7 Å². The molecule has 6 heteroatoms. The summed E-state index contributed by atoms with van der Waals surface area (Å²) in [5.74, 6) is 0.748. The zero-order chi connectivity index (χ0) is 25.4. The number of carbonyl (C=O) groups excluding carboxylic acids is 2. The lowest BCUT2D eigenvalue weighted by Gasteiger charge is -2.47. The second kappa shape index (κ2) is 9.77. The number of H-pyrrole nitrogens is 1. The van der Waals surface area contributed by atoms with Crippen LogP contribution in [-0.4, -0.2) is 52.3 Å². The number of fused-ring (bicyclic) bond motifs is 4. The Labute approximate surface area is 216 Å². The molecule has 2 aliphatic heterocycles. The maximum absolute atomic E-state index is 13.9. The summed E-state index contributed by atoms with van der Waals surface area (Å²) in [6.45, 7) is 3.16. The summed E-state index contributed by atoms with van der Waals surface area (Å²) < 4.78 is 5.99. The largest absolute Gasteiger partial charge is 0.494 e. The van der Waals surface area contributed by atoms with E-state index < -0.39 is 12.1 Å². The van der Waals surface area contributed by atoms with Gasteiger partial charge in [0.2, 0.25) is 11.8 Å². The summed E-state index contributed by atoms with van der Waals surface area (Å²) in [6.07, 6.45) is 2.21. The van der Waals surface area contributed by atoms with Gasteiger partial charge in [0.1, 0.15) is 17.8 Å². The SMILES string of the molecule is CCOc1ccccc1C1c2[nH]c3ccccc3c2CC2C(=O)N(CCCc3ccccc3)CC(=O)N21. The van der Waals surface area contributed by atoms with Gasteiger partial charge in [-0.15, -0.1) is 0 Å². The molecule has 0 radical (unpaired) electrons. The predicted octanol–water partition coefficient (Wildman–Crippen LogP) is 4.88. The fourth-order valence-corrected chi connectivity index (χ4v) is 5.95. The minimum Gasteiger partial charge on any atom is -0.494 e. The number of hydrogen-bond acceptors (Lipinski definition) is 3. The van der Waals surface area contributed by atoms with Crippen LogP contribution in [0.2, 0.25) is 0 Å². The first-order chi connectivity index (χ1) is 18.2. The number of aromatic nitrogens is 1. The Morgan fingerprint density at radius 1 is 0.946 bits per heavy atom. The van der Waals surface area contributed by atoms with E-state index in [-0.39, 0.29) is 18.4 Å². The molecule has 37 heavy (non-hydrogen) atoms. The molecule has 2 amide bonds. The van der Waals surface area contributed by atoms with E-state index in [1.807, 2.05) is 66.4 Å². The normalized spacial score (nSPS) is 19.2. The maximum Gasteiger partial charge on any atom is 0.246 e. The van der Waals surface area contributed by atoms with Crippen LogP contribution in [0.15, 0.2) is 78.9 Å². The molecule has 2 unspecified atom stereocenters. The van der Waals surface area contributed by atoms with Gasteiger partial charge in [-0.2, -0.15) is 0 Å². The number of amides is 2. The molecule has 188 valence electrons. The molecule has 0 saturated carbocycles. The molecular weight excluding hydrogens is 462 g/mol. The van der Waals surface area contributed by atoms with Gasteiger partial charge in [0.25, 0.3) is 0 Å². The van der Waals surface area contributed by atoms with E-state index >= 15 is 0 Å². The van der Waals surface area contributed by atoms with Gasteiger partial charge in [0.15, 0.2) is 0 Å². The van der Waals surface area contributed by atoms with E-state index in [0.29, 0.717) is 19.6 Å². The highest BCUT2D eigenvalue weighted by Crippen LogP contribution is 2.44. The van der Waals surface area contributed by atoms with Crippen molar-refractivity contribution in [1.82, 2.24) is 14.8 Å². The van der Waals surface area contributed by atoms with Crippen molar-refractivity contribution in [2.75, 3.05) is 19.7 Å². The van der Waals surface area contributed by atoms with Crippen molar-refractivity contribution < 1.29 is 14.3 Å². The molecule has 4 aromatic rings. The van der Waals surface area contributed by atoms with Gasteiger partial charge in [-0.05, 0) is 43.0 Å². The zero-order valence-electron chi connectivity index (χ0n) is 21.0. The van der Waals surface area contributed by atoms with Gasteiger partial charge in [-0.25, -0.2) is 0 Å². The van der Waals surface area contributed by atoms with Crippen LogP contribution in [0.1, 0.15) is 41.8 Å². The summed E-state index contributed by atoms with van der Waals surface area (Å²) in [4.78, 5) is 34.8. The molecule has 1 aromatic heterocycles. The Hall–Kier alpha value is -4.06. The van der Waals surface area contributed by atoms with Crippen molar-refractivity contribution in [2.45, 2.75) is 38.3 Å². The molecule has 0 spiro atoms. The van der Waals surface area contributed by atoms with Crippen molar-refractivity contribution in [3.63, 3.8) is 0 Å². The minimum atomic E-state index is -0.538. The third-order valence-corrected chi connectivity index (χ3v) is 7.59. The summed E-state index contributed by atoms with van der Waals surface area (Å²) in [6, 6.07) is 25.4. The van der Waals surface area contributed by atoms with Crippen LogP contribution in [0, 0.1) is 0 Å². The van der Waals surface area contributed by atoms with Crippen molar-refractivity contribution in [2.24, 2.45) is 0 Å². The predicted molar refractivity (Wildman–Crippen MR) is 143 cm³/mol. The molecule has 2 atom stereocenters. The van der Waals surface area contributed by atoms with Crippen LogP contribution < -0.4 is 4.74 Å². The lowest BCUT2D eigenvalue weighted by atomic mass is 9.86. The Bertz CT molecular complexity index is 1440. The van der Waals surface area contributed by atoms with Crippen LogP contribution >= 0.6 is 0 Å². The number of rotatable bonds is 7. The molecule has 1 saturated heterocycles. The number of benzene rings is 3. The highest BCUT2D eigenvalue weighted by atomic mass is 16.5. The van der Waals surface area contributed by atoms with Crippen LogP contribution in [0.4, 0.5) is 0 Å². The number of ether oxygens (including phenoxy) is 1. The monoisotopic (exact) mass is 493 g/mol. The second-order valence-corrected chi connectivity index (χ2v) is 9.81. The summed E-state index contributed by atoms with van der Waals surface area (Å²) in [5, 5.41) is 1.11. The third-order valence-electron chi connectivity index (χ3n) is 7.59. The number of carbonyl (C=O) groups is 2. The highest BCUT2D eigenvalue weighted by molar-refractivity contribution is 5.97. The van der Waals surface area contributed by atoms with E-state index in [1.54, 1.807) is 4.90 Å². The number of piperazine rings is 1. The van der Waals surface area contributed by atoms with Crippen LogP contribution in [0.3, 0.4) is 0 Å². The standard InChI is InChI=1S/C31H31N3O3/c1-2-37-27-17-9-7-15-23(27)30-29-24(22-14-6-8-16-25(22)32-29)19-26-31(36)33(20-28(35)34(26)30)18-10-13-21-11-4-3-5-12-21/h3-9,11-12,14-17,26,30,32H,2,10,13,18-20H2,1H3.